The Morgan fingerprint density at radius 2 is 1.68 bits per heavy atom. The van der Waals surface area contributed by atoms with Crippen molar-refractivity contribution in [3.8, 4) is 17.2 Å². The van der Waals surface area contributed by atoms with Crippen molar-refractivity contribution in [2.24, 2.45) is 0 Å². The summed E-state index contributed by atoms with van der Waals surface area (Å²) in [6, 6.07) is 11.4. The first-order valence-corrected chi connectivity index (χ1v) is 8.74. The summed E-state index contributed by atoms with van der Waals surface area (Å²) in [4.78, 5) is 23.6. The third-order valence-electron chi connectivity index (χ3n) is 3.67. The van der Waals surface area contributed by atoms with E-state index in [4.69, 9.17) is 18.9 Å². The predicted molar refractivity (Wildman–Crippen MR) is 104 cm³/mol. The number of nitrogens with one attached hydrogen (secondary N) is 2. The van der Waals surface area contributed by atoms with Crippen LogP contribution in [0.25, 0.3) is 0 Å². The summed E-state index contributed by atoms with van der Waals surface area (Å²) < 4.78 is 21.0. The van der Waals surface area contributed by atoms with E-state index in [9.17, 15) is 9.59 Å². The van der Waals surface area contributed by atoms with Crippen LogP contribution in [0.2, 0.25) is 0 Å². The number of methoxy groups -OCH3 is 2. The van der Waals surface area contributed by atoms with Gasteiger partial charge in [-0.3, -0.25) is 0 Å². The summed E-state index contributed by atoms with van der Waals surface area (Å²) in [6.45, 7) is 2.59. The van der Waals surface area contributed by atoms with Crippen molar-refractivity contribution in [1.29, 1.82) is 0 Å². The SMILES string of the molecule is CCOC(=O)c1ccc(NC(=O)NCCOc2cccc(OC)c2OC)cc1. The number of carbonyl (C=O) groups excluding carboxylic acids is 2. The Kier molecular flexibility index (Phi) is 7.95. The van der Waals surface area contributed by atoms with Gasteiger partial charge in [0.2, 0.25) is 5.75 Å². The van der Waals surface area contributed by atoms with Gasteiger partial charge in [0.05, 0.1) is 32.9 Å². The second-order valence-electron chi connectivity index (χ2n) is 5.52. The average Bonchev–Trinajstić information content (AvgIpc) is 2.71. The molecule has 0 bridgehead atoms. The fourth-order valence-corrected chi connectivity index (χ4v) is 2.38. The number of carbonyl (C=O) groups is 2. The summed E-state index contributed by atoms with van der Waals surface area (Å²) in [5, 5.41) is 5.36. The Morgan fingerprint density at radius 3 is 2.32 bits per heavy atom. The van der Waals surface area contributed by atoms with Gasteiger partial charge in [-0.2, -0.15) is 0 Å². The van der Waals surface area contributed by atoms with Gasteiger partial charge in [0, 0.05) is 5.69 Å². The fraction of sp³-hybridized carbons (Fsp3) is 0.300. The van der Waals surface area contributed by atoms with Crippen LogP contribution in [0.5, 0.6) is 17.2 Å². The van der Waals surface area contributed by atoms with Crippen LogP contribution in [0.3, 0.4) is 0 Å². The number of rotatable bonds is 9. The van der Waals surface area contributed by atoms with Gasteiger partial charge in [-0.05, 0) is 43.3 Å². The van der Waals surface area contributed by atoms with E-state index in [-0.39, 0.29) is 19.2 Å². The molecule has 2 aromatic carbocycles. The quantitative estimate of drug-likeness (QED) is 0.506. The van der Waals surface area contributed by atoms with Crippen molar-refractivity contribution in [2.45, 2.75) is 6.92 Å². The fourth-order valence-electron chi connectivity index (χ4n) is 2.38. The molecule has 0 unspecified atom stereocenters. The highest BCUT2D eigenvalue weighted by Crippen LogP contribution is 2.36. The van der Waals surface area contributed by atoms with Crippen molar-refractivity contribution in [2.75, 3.05) is 39.3 Å². The maximum Gasteiger partial charge on any atom is 0.338 e. The van der Waals surface area contributed by atoms with Crippen LogP contribution in [-0.4, -0.2) is 46.0 Å². The smallest absolute Gasteiger partial charge is 0.338 e. The molecule has 0 saturated heterocycles. The van der Waals surface area contributed by atoms with Crippen molar-refractivity contribution < 1.29 is 28.5 Å². The molecule has 2 rings (SSSR count). The number of ether oxygens (including phenoxy) is 4. The Hall–Kier alpha value is -3.42. The molecule has 0 spiro atoms. The van der Waals surface area contributed by atoms with Crippen LogP contribution in [0.4, 0.5) is 10.5 Å². The normalized spacial score (nSPS) is 9.96. The minimum absolute atomic E-state index is 0.249. The number of hydrogen-bond acceptors (Lipinski definition) is 6. The molecule has 2 amide bonds. The maximum absolute atomic E-state index is 12.0. The molecule has 28 heavy (non-hydrogen) atoms. The van der Waals surface area contributed by atoms with Gasteiger partial charge in [0.1, 0.15) is 6.61 Å². The molecular weight excluding hydrogens is 364 g/mol. The standard InChI is InChI=1S/C20H24N2O6/c1-4-27-19(23)14-8-10-15(11-9-14)22-20(24)21-12-13-28-17-7-5-6-16(25-2)18(17)26-3/h5-11H,4,12-13H2,1-3H3,(H2,21,22,24). The molecule has 0 aromatic heterocycles. The van der Waals surface area contributed by atoms with E-state index >= 15 is 0 Å². The molecule has 8 nitrogen and oxygen atoms in total. The lowest BCUT2D eigenvalue weighted by molar-refractivity contribution is 0.0526. The van der Waals surface area contributed by atoms with Crippen LogP contribution >= 0.6 is 0 Å². The van der Waals surface area contributed by atoms with E-state index in [0.717, 1.165) is 0 Å². The van der Waals surface area contributed by atoms with Gasteiger partial charge in [-0.25, -0.2) is 9.59 Å². The molecule has 8 heteroatoms. The number of amides is 2. The number of esters is 1. The zero-order valence-electron chi connectivity index (χ0n) is 16.1. The second kappa shape index (κ2) is 10.7. The van der Waals surface area contributed by atoms with Crippen LogP contribution in [0.15, 0.2) is 42.5 Å². The van der Waals surface area contributed by atoms with Gasteiger partial charge in [0.25, 0.3) is 0 Å². The summed E-state index contributed by atoms with van der Waals surface area (Å²) in [6.07, 6.45) is 0. The van der Waals surface area contributed by atoms with Gasteiger partial charge >= 0.3 is 12.0 Å². The highest BCUT2D eigenvalue weighted by Gasteiger charge is 2.11. The lowest BCUT2D eigenvalue weighted by atomic mass is 10.2. The Bertz CT molecular complexity index is 792. The second-order valence-corrected chi connectivity index (χ2v) is 5.52. The number of anilines is 1. The predicted octanol–water partition coefficient (Wildman–Crippen LogP) is 3.08. The summed E-state index contributed by atoms with van der Waals surface area (Å²) in [5.74, 6) is 1.19. The number of hydrogen-bond donors (Lipinski definition) is 2. The molecule has 150 valence electrons. The summed E-state index contributed by atoms with van der Waals surface area (Å²) in [7, 11) is 3.08. The zero-order chi connectivity index (χ0) is 20.4. The molecule has 2 aromatic rings. The first-order chi connectivity index (χ1) is 13.6. The third-order valence-corrected chi connectivity index (χ3v) is 3.67. The highest BCUT2D eigenvalue weighted by molar-refractivity contribution is 5.92. The van der Waals surface area contributed by atoms with Crippen LogP contribution in [0.1, 0.15) is 17.3 Å². The largest absolute Gasteiger partial charge is 0.493 e. The Morgan fingerprint density at radius 1 is 0.964 bits per heavy atom. The maximum atomic E-state index is 12.0. The molecule has 0 heterocycles. The van der Waals surface area contributed by atoms with Gasteiger partial charge in [0.15, 0.2) is 11.5 Å². The minimum atomic E-state index is -0.399. The molecule has 0 atom stereocenters. The summed E-state index contributed by atoms with van der Waals surface area (Å²) in [5.41, 5.74) is 0.981. The third kappa shape index (κ3) is 5.80. The molecular formula is C20H24N2O6. The van der Waals surface area contributed by atoms with E-state index in [2.05, 4.69) is 10.6 Å². The molecule has 0 aliphatic rings. The van der Waals surface area contributed by atoms with E-state index in [1.165, 1.54) is 7.11 Å². The molecule has 0 aliphatic carbocycles. The average molecular weight is 388 g/mol. The Balaban J connectivity index is 1.78. The van der Waals surface area contributed by atoms with Crippen molar-refractivity contribution in [1.82, 2.24) is 5.32 Å². The van der Waals surface area contributed by atoms with Crippen molar-refractivity contribution >= 4 is 17.7 Å². The van der Waals surface area contributed by atoms with Gasteiger partial charge in [-0.1, -0.05) is 6.07 Å². The van der Waals surface area contributed by atoms with Crippen LogP contribution in [-0.2, 0) is 4.74 Å². The van der Waals surface area contributed by atoms with Gasteiger partial charge < -0.3 is 29.6 Å². The van der Waals surface area contributed by atoms with Crippen LogP contribution < -0.4 is 24.8 Å². The Labute approximate surface area is 163 Å². The lowest BCUT2D eigenvalue weighted by Gasteiger charge is -2.14. The molecule has 0 fully saturated rings. The molecule has 0 aliphatic heterocycles. The molecule has 0 radical (unpaired) electrons. The molecule has 2 N–H and O–H groups in total. The number of para-hydroxylation sites is 1. The van der Waals surface area contributed by atoms with E-state index < -0.39 is 5.97 Å². The number of urea groups is 1. The van der Waals surface area contributed by atoms with E-state index in [1.54, 1.807) is 56.5 Å². The van der Waals surface area contributed by atoms with Crippen molar-refractivity contribution in [3.05, 3.63) is 48.0 Å². The van der Waals surface area contributed by atoms with Crippen molar-refractivity contribution in [3.63, 3.8) is 0 Å². The van der Waals surface area contributed by atoms with E-state index in [0.29, 0.717) is 35.1 Å². The zero-order valence-corrected chi connectivity index (χ0v) is 16.1. The topological polar surface area (TPSA) is 95.1 Å². The summed E-state index contributed by atoms with van der Waals surface area (Å²) >= 11 is 0. The van der Waals surface area contributed by atoms with E-state index in [1.807, 2.05) is 0 Å². The minimum Gasteiger partial charge on any atom is -0.493 e. The van der Waals surface area contributed by atoms with Gasteiger partial charge in [-0.15, -0.1) is 0 Å². The first-order valence-electron chi connectivity index (χ1n) is 8.74. The number of benzene rings is 2. The molecule has 0 saturated carbocycles. The highest BCUT2D eigenvalue weighted by atomic mass is 16.5. The van der Waals surface area contributed by atoms with Crippen LogP contribution in [0, 0.1) is 0 Å². The monoisotopic (exact) mass is 388 g/mol. The lowest BCUT2D eigenvalue weighted by Crippen LogP contribution is -2.32. The first kappa shape index (κ1) is 20.9.